The number of carbonyl (C=O) groups is 3. The summed E-state index contributed by atoms with van der Waals surface area (Å²) in [4.78, 5) is 36.2. The standard InChI is InChI=1S/C28H32N2O5/c31-26(32)14-17-12-20(13-17)29-27(33)18-6-5-7-19(15-18)30-28(34)35-16-25-23-10-3-1-8-21(23)22-9-2-4-11-24(22)25/h1-4,8-11,17-20,25H,5-7,12-16H2,(H,29,33)(H,30,34)(H,31,32)/t17?,18-,19+,20?/m0/s1. The molecule has 0 aliphatic heterocycles. The summed E-state index contributed by atoms with van der Waals surface area (Å²) in [5.74, 6) is -0.726. The molecular weight excluding hydrogens is 444 g/mol. The third-order valence-electron chi connectivity index (χ3n) is 7.76. The summed E-state index contributed by atoms with van der Waals surface area (Å²) in [7, 11) is 0. The molecule has 0 heterocycles. The minimum absolute atomic E-state index is 0.0165. The van der Waals surface area contributed by atoms with Crippen LogP contribution in [0.3, 0.4) is 0 Å². The predicted octanol–water partition coefficient (Wildman–Crippen LogP) is 4.45. The number of amides is 2. The molecule has 3 aliphatic rings. The summed E-state index contributed by atoms with van der Waals surface area (Å²) in [5, 5.41) is 14.9. The van der Waals surface area contributed by atoms with E-state index in [1.54, 1.807) is 0 Å². The lowest BCUT2D eigenvalue weighted by atomic mass is 9.77. The summed E-state index contributed by atoms with van der Waals surface area (Å²) >= 11 is 0. The molecule has 184 valence electrons. The van der Waals surface area contributed by atoms with Crippen LogP contribution in [0.4, 0.5) is 4.79 Å². The molecule has 0 unspecified atom stereocenters. The Morgan fingerprint density at radius 1 is 0.857 bits per heavy atom. The predicted molar refractivity (Wildman–Crippen MR) is 131 cm³/mol. The number of hydrogen-bond acceptors (Lipinski definition) is 4. The minimum Gasteiger partial charge on any atom is -0.481 e. The highest BCUT2D eigenvalue weighted by Gasteiger charge is 2.35. The van der Waals surface area contributed by atoms with Crippen molar-refractivity contribution in [3.63, 3.8) is 0 Å². The normalized spacial score (nSPS) is 25.0. The largest absolute Gasteiger partial charge is 0.481 e. The van der Waals surface area contributed by atoms with Crippen molar-refractivity contribution in [3.8, 4) is 11.1 Å². The zero-order valence-corrected chi connectivity index (χ0v) is 19.7. The molecule has 5 rings (SSSR count). The lowest BCUT2D eigenvalue weighted by Gasteiger charge is -2.37. The quantitative estimate of drug-likeness (QED) is 0.548. The molecule has 0 aromatic heterocycles. The summed E-state index contributed by atoms with van der Waals surface area (Å²) in [5.41, 5.74) is 4.74. The molecule has 2 aromatic carbocycles. The molecule has 2 atom stereocenters. The molecule has 0 radical (unpaired) electrons. The number of rotatable bonds is 7. The molecule has 2 fully saturated rings. The van der Waals surface area contributed by atoms with Crippen LogP contribution in [0.25, 0.3) is 11.1 Å². The van der Waals surface area contributed by atoms with Crippen LogP contribution in [-0.4, -0.2) is 41.8 Å². The van der Waals surface area contributed by atoms with Crippen LogP contribution in [-0.2, 0) is 14.3 Å². The molecule has 35 heavy (non-hydrogen) atoms. The fourth-order valence-electron chi connectivity index (χ4n) is 5.95. The Balaban J connectivity index is 1.10. The highest BCUT2D eigenvalue weighted by molar-refractivity contribution is 5.80. The lowest BCUT2D eigenvalue weighted by Crippen LogP contribution is -2.49. The van der Waals surface area contributed by atoms with Gasteiger partial charge in [0.15, 0.2) is 0 Å². The van der Waals surface area contributed by atoms with Crippen LogP contribution < -0.4 is 10.6 Å². The van der Waals surface area contributed by atoms with E-state index in [1.807, 2.05) is 24.3 Å². The SMILES string of the molecule is O=C(O)CC1CC(NC(=O)[C@H]2CCC[C@@H](NC(=O)OCC3c4ccccc4-c4ccccc43)C2)C1. The van der Waals surface area contributed by atoms with Crippen molar-refractivity contribution in [1.29, 1.82) is 0 Å². The number of ether oxygens (including phenoxy) is 1. The first-order valence-corrected chi connectivity index (χ1v) is 12.6. The van der Waals surface area contributed by atoms with Gasteiger partial charge in [-0.05, 0) is 60.3 Å². The minimum atomic E-state index is -0.783. The van der Waals surface area contributed by atoms with Crippen LogP contribution in [0.2, 0.25) is 0 Å². The summed E-state index contributed by atoms with van der Waals surface area (Å²) in [6.07, 6.45) is 4.30. The van der Waals surface area contributed by atoms with Gasteiger partial charge in [-0.15, -0.1) is 0 Å². The fourth-order valence-corrected chi connectivity index (χ4v) is 5.95. The average Bonchev–Trinajstić information content (AvgIpc) is 3.15. The fraction of sp³-hybridized carbons (Fsp3) is 0.464. The van der Waals surface area contributed by atoms with Gasteiger partial charge in [0.2, 0.25) is 5.91 Å². The second kappa shape index (κ2) is 10.1. The Morgan fingerprint density at radius 2 is 1.51 bits per heavy atom. The highest BCUT2D eigenvalue weighted by Crippen LogP contribution is 2.44. The van der Waals surface area contributed by atoms with E-state index in [4.69, 9.17) is 9.84 Å². The maximum absolute atomic E-state index is 12.7. The summed E-state index contributed by atoms with van der Waals surface area (Å²) in [6, 6.07) is 16.5. The number of carbonyl (C=O) groups excluding carboxylic acids is 2. The Hall–Kier alpha value is -3.35. The van der Waals surface area contributed by atoms with Gasteiger partial charge < -0.3 is 20.5 Å². The van der Waals surface area contributed by atoms with Crippen molar-refractivity contribution in [1.82, 2.24) is 10.6 Å². The van der Waals surface area contributed by atoms with Crippen LogP contribution in [0.5, 0.6) is 0 Å². The van der Waals surface area contributed by atoms with E-state index in [-0.39, 0.29) is 48.8 Å². The number of nitrogens with one attached hydrogen (secondary N) is 2. The van der Waals surface area contributed by atoms with E-state index in [9.17, 15) is 14.4 Å². The van der Waals surface area contributed by atoms with E-state index >= 15 is 0 Å². The van der Waals surface area contributed by atoms with Crippen molar-refractivity contribution in [2.45, 2.75) is 62.9 Å². The molecule has 0 saturated heterocycles. The monoisotopic (exact) mass is 476 g/mol. The van der Waals surface area contributed by atoms with Gasteiger partial charge in [0.1, 0.15) is 6.61 Å². The van der Waals surface area contributed by atoms with Crippen molar-refractivity contribution in [2.75, 3.05) is 6.61 Å². The molecule has 3 aliphatic carbocycles. The Morgan fingerprint density at radius 3 is 2.17 bits per heavy atom. The first-order valence-electron chi connectivity index (χ1n) is 12.6. The van der Waals surface area contributed by atoms with Gasteiger partial charge in [-0.25, -0.2) is 4.79 Å². The van der Waals surface area contributed by atoms with E-state index in [0.717, 1.165) is 32.1 Å². The Bertz CT molecular complexity index is 1060. The van der Waals surface area contributed by atoms with Crippen LogP contribution in [0.15, 0.2) is 48.5 Å². The molecule has 2 saturated carbocycles. The van der Waals surface area contributed by atoms with Gasteiger partial charge in [-0.1, -0.05) is 55.0 Å². The van der Waals surface area contributed by atoms with Crippen molar-refractivity contribution >= 4 is 18.0 Å². The third kappa shape index (κ3) is 5.19. The molecule has 2 aromatic rings. The molecule has 7 nitrogen and oxygen atoms in total. The number of carboxylic acids is 1. The number of benzene rings is 2. The van der Waals surface area contributed by atoms with Crippen LogP contribution >= 0.6 is 0 Å². The van der Waals surface area contributed by atoms with Gasteiger partial charge >= 0.3 is 12.1 Å². The first-order chi connectivity index (χ1) is 17.0. The van der Waals surface area contributed by atoms with Gasteiger partial charge in [-0.3, -0.25) is 9.59 Å². The van der Waals surface area contributed by atoms with Crippen LogP contribution in [0, 0.1) is 11.8 Å². The van der Waals surface area contributed by atoms with Gasteiger partial charge in [0.25, 0.3) is 0 Å². The zero-order chi connectivity index (χ0) is 24.4. The number of alkyl carbamates (subject to hydrolysis) is 1. The molecule has 0 spiro atoms. The molecule has 7 heteroatoms. The van der Waals surface area contributed by atoms with Crippen molar-refractivity contribution in [2.24, 2.45) is 11.8 Å². The Kier molecular flexibility index (Phi) is 6.75. The molecule has 3 N–H and O–H groups in total. The van der Waals surface area contributed by atoms with E-state index in [0.29, 0.717) is 6.42 Å². The molecule has 2 amide bonds. The summed E-state index contributed by atoms with van der Waals surface area (Å²) < 4.78 is 5.67. The molecular formula is C28H32N2O5. The van der Waals surface area contributed by atoms with Crippen molar-refractivity contribution < 1.29 is 24.2 Å². The second-order valence-electron chi connectivity index (χ2n) is 10.2. The number of hydrogen-bond donors (Lipinski definition) is 3. The third-order valence-corrected chi connectivity index (χ3v) is 7.76. The lowest BCUT2D eigenvalue weighted by molar-refractivity contribution is -0.139. The number of aliphatic carboxylic acids is 1. The number of carboxylic acid groups (broad SMARTS) is 1. The first kappa shape index (κ1) is 23.4. The smallest absolute Gasteiger partial charge is 0.407 e. The van der Waals surface area contributed by atoms with Crippen molar-refractivity contribution in [3.05, 3.63) is 59.7 Å². The Labute approximate surface area is 205 Å². The average molecular weight is 477 g/mol. The van der Waals surface area contributed by atoms with Crippen LogP contribution in [0.1, 0.15) is 62.0 Å². The maximum atomic E-state index is 12.7. The van der Waals surface area contributed by atoms with Gasteiger partial charge in [-0.2, -0.15) is 0 Å². The second-order valence-corrected chi connectivity index (χ2v) is 10.2. The maximum Gasteiger partial charge on any atom is 0.407 e. The summed E-state index contributed by atoms with van der Waals surface area (Å²) in [6.45, 7) is 0.273. The zero-order valence-electron chi connectivity index (χ0n) is 19.7. The van der Waals surface area contributed by atoms with Gasteiger partial charge in [0, 0.05) is 30.3 Å². The van der Waals surface area contributed by atoms with E-state index in [2.05, 4.69) is 34.9 Å². The van der Waals surface area contributed by atoms with E-state index < -0.39 is 12.1 Å². The topological polar surface area (TPSA) is 105 Å². The highest BCUT2D eigenvalue weighted by atomic mass is 16.5. The number of fused-ring (bicyclic) bond motifs is 3. The van der Waals surface area contributed by atoms with E-state index in [1.165, 1.54) is 22.3 Å². The van der Waals surface area contributed by atoms with Gasteiger partial charge in [0.05, 0.1) is 0 Å². The molecule has 0 bridgehead atoms.